The Kier molecular flexibility index (Phi) is 7.61. The molecular formula is C26H26ClN3O7. The highest BCUT2D eigenvalue weighted by Crippen LogP contribution is 2.39. The second kappa shape index (κ2) is 10.9. The number of hydrogen-bond acceptors (Lipinski definition) is 8. The van der Waals surface area contributed by atoms with Gasteiger partial charge < -0.3 is 34.7 Å². The fourth-order valence-electron chi connectivity index (χ4n) is 4.17. The molecule has 4 N–H and O–H groups in total. The number of carbonyl (C=O) groups excluding carboxylic acids is 1. The van der Waals surface area contributed by atoms with Gasteiger partial charge in [0, 0.05) is 16.7 Å². The largest absolute Gasteiger partial charge is 0.497 e. The Morgan fingerprint density at radius 3 is 2.68 bits per heavy atom. The smallest absolute Gasteiger partial charge is 0.337 e. The molecule has 1 aliphatic rings. The number of hydrogen-bond donors (Lipinski definition) is 4. The van der Waals surface area contributed by atoms with Gasteiger partial charge in [-0.25, -0.2) is 10.1 Å². The Morgan fingerprint density at radius 2 is 2.05 bits per heavy atom. The number of rotatable bonds is 10. The van der Waals surface area contributed by atoms with Crippen molar-refractivity contribution in [3.05, 3.63) is 87.8 Å². The first-order chi connectivity index (χ1) is 17.8. The number of benzene rings is 2. The molecule has 0 spiro atoms. The molecule has 2 aromatic carbocycles. The number of methoxy groups -OCH3 is 1. The molecule has 11 heteroatoms. The van der Waals surface area contributed by atoms with Crippen LogP contribution in [0, 0.1) is 6.92 Å². The lowest BCUT2D eigenvalue weighted by Crippen LogP contribution is -2.25. The predicted molar refractivity (Wildman–Crippen MR) is 137 cm³/mol. The van der Waals surface area contributed by atoms with E-state index in [-0.39, 0.29) is 35.3 Å². The van der Waals surface area contributed by atoms with Crippen LogP contribution in [0.1, 0.15) is 57.2 Å². The highest BCUT2D eigenvalue weighted by Gasteiger charge is 2.35. The summed E-state index contributed by atoms with van der Waals surface area (Å²) in [4.78, 5) is 31.2. The van der Waals surface area contributed by atoms with E-state index >= 15 is 0 Å². The van der Waals surface area contributed by atoms with Crippen molar-refractivity contribution in [2.24, 2.45) is 0 Å². The Morgan fingerprint density at radius 1 is 1.27 bits per heavy atom. The fraction of sp³-hybridized carbons (Fsp3) is 0.231. The number of halogens is 1. The fourth-order valence-corrected chi connectivity index (χ4v) is 4.39. The van der Waals surface area contributed by atoms with Crippen LogP contribution in [-0.4, -0.2) is 29.4 Å². The molecule has 37 heavy (non-hydrogen) atoms. The van der Waals surface area contributed by atoms with Crippen molar-refractivity contribution in [1.29, 1.82) is 0 Å². The molecule has 10 nitrogen and oxygen atoms in total. The monoisotopic (exact) mass is 527 g/mol. The second-order valence-corrected chi connectivity index (χ2v) is 8.73. The molecule has 1 aromatic heterocycles. The van der Waals surface area contributed by atoms with Crippen molar-refractivity contribution < 1.29 is 34.0 Å². The number of nitrogens with zero attached hydrogens (tertiary/aromatic N) is 1. The van der Waals surface area contributed by atoms with Gasteiger partial charge >= 0.3 is 5.97 Å². The molecule has 194 valence electrons. The molecule has 2 heterocycles. The zero-order chi connectivity index (χ0) is 26.7. The first-order valence-electron chi connectivity index (χ1n) is 11.4. The predicted octanol–water partition coefficient (Wildman–Crippen LogP) is 5.55. The molecule has 4 rings (SSSR count). The molecule has 0 saturated carbocycles. The summed E-state index contributed by atoms with van der Waals surface area (Å²) in [5.41, 5.74) is 1.33. The van der Waals surface area contributed by atoms with Crippen molar-refractivity contribution in [2.45, 2.75) is 32.9 Å². The standard InChI is InChI=1S/C26H26ClN3O7/c1-4-19(22-10-5-14(2)36-22)29-23(37-34)12-28-20-9-8-18(27)17-13-30(25(31)24(17)20)21-11-15(35-3)6-7-16(21)26(32)33/h5-12,19,28-29,34H,4,13H2,1-3H3,(H,32,33). The van der Waals surface area contributed by atoms with Crippen LogP contribution < -0.4 is 20.3 Å². The first-order valence-corrected chi connectivity index (χ1v) is 11.8. The Bertz CT molecular complexity index is 1370. The van der Waals surface area contributed by atoms with Crippen molar-refractivity contribution in [3.63, 3.8) is 0 Å². The lowest BCUT2D eigenvalue weighted by molar-refractivity contribution is -0.210. The van der Waals surface area contributed by atoms with E-state index < -0.39 is 11.9 Å². The van der Waals surface area contributed by atoms with Crippen LogP contribution in [0.25, 0.3) is 0 Å². The maximum Gasteiger partial charge on any atom is 0.337 e. The molecule has 1 aliphatic heterocycles. The van der Waals surface area contributed by atoms with Gasteiger partial charge in [-0.2, -0.15) is 0 Å². The topological polar surface area (TPSA) is 134 Å². The number of ether oxygens (including phenoxy) is 1. The van der Waals surface area contributed by atoms with E-state index in [1.54, 1.807) is 12.1 Å². The van der Waals surface area contributed by atoms with Crippen LogP contribution in [0.3, 0.4) is 0 Å². The van der Waals surface area contributed by atoms with E-state index in [9.17, 15) is 20.0 Å². The maximum absolute atomic E-state index is 13.5. The van der Waals surface area contributed by atoms with E-state index in [1.807, 2.05) is 26.0 Å². The van der Waals surface area contributed by atoms with E-state index in [0.29, 0.717) is 34.2 Å². The minimum Gasteiger partial charge on any atom is -0.497 e. The van der Waals surface area contributed by atoms with Crippen LogP contribution in [-0.2, 0) is 11.4 Å². The van der Waals surface area contributed by atoms with Gasteiger partial charge in [-0.3, -0.25) is 4.79 Å². The van der Waals surface area contributed by atoms with Gasteiger partial charge in [-0.05, 0) is 49.7 Å². The number of carboxylic acids is 1. The molecule has 0 bridgehead atoms. The highest BCUT2D eigenvalue weighted by atomic mass is 35.5. The third kappa shape index (κ3) is 5.20. The third-order valence-electron chi connectivity index (χ3n) is 6.04. The summed E-state index contributed by atoms with van der Waals surface area (Å²) in [7, 11) is 1.45. The highest BCUT2D eigenvalue weighted by molar-refractivity contribution is 6.33. The number of carbonyl (C=O) groups is 2. The zero-order valence-electron chi connectivity index (χ0n) is 20.4. The van der Waals surface area contributed by atoms with Crippen LogP contribution in [0.15, 0.2) is 59.0 Å². The number of furan rings is 1. The molecule has 1 atom stereocenters. The number of fused-ring (bicyclic) bond motifs is 1. The average Bonchev–Trinajstić information content (AvgIpc) is 3.48. The Hall–Kier alpha value is -4.15. The molecule has 0 radical (unpaired) electrons. The van der Waals surface area contributed by atoms with Crippen LogP contribution in [0.4, 0.5) is 11.4 Å². The van der Waals surface area contributed by atoms with Crippen LogP contribution in [0.2, 0.25) is 5.02 Å². The number of aromatic carboxylic acids is 1. The van der Waals surface area contributed by atoms with Gasteiger partial charge in [0.2, 0.25) is 5.88 Å². The average molecular weight is 528 g/mol. The minimum absolute atomic E-state index is 0.00661. The molecule has 3 aromatic rings. The molecular weight excluding hydrogens is 502 g/mol. The number of amides is 1. The quantitative estimate of drug-likeness (QED) is 0.152. The van der Waals surface area contributed by atoms with Crippen molar-refractivity contribution in [2.75, 3.05) is 17.3 Å². The normalized spacial score (nSPS) is 13.8. The van der Waals surface area contributed by atoms with E-state index in [1.165, 1.54) is 36.4 Å². The molecule has 0 saturated heterocycles. The van der Waals surface area contributed by atoms with E-state index in [2.05, 4.69) is 15.5 Å². The van der Waals surface area contributed by atoms with Gasteiger partial charge in [0.05, 0.1) is 48.4 Å². The summed E-state index contributed by atoms with van der Waals surface area (Å²) in [6.45, 7) is 3.85. The maximum atomic E-state index is 13.5. The van der Waals surface area contributed by atoms with Crippen LogP contribution >= 0.6 is 11.6 Å². The first kappa shape index (κ1) is 25.9. The number of anilines is 2. The summed E-state index contributed by atoms with van der Waals surface area (Å²) in [5, 5.41) is 25.5. The summed E-state index contributed by atoms with van der Waals surface area (Å²) < 4.78 is 10.9. The molecule has 0 aliphatic carbocycles. The summed E-state index contributed by atoms with van der Waals surface area (Å²) in [6, 6.07) is 11.0. The lowest BCUT2D eigenvalue weighted by Gasteiger charge is -2.19. The molecule has 1 amide bonds. The zero-order valence-corrected chi connectivity index (χ0v) is 21.1. The van der Waals surface area contributed by atoms with Gasteiger partial charge in [0.25, 0.3) is 5.91 Å². The Balaban J connectivity index is 1.64. The number of nitrogens with one attached hydrogen (secondary N) is 2. The SMILES string of the molecule is CCC(NC(=CNc1ccc(Cl)c2c1C(=O)N(c1cc(OC)ccc1C(=O)O)C2)OO)c1ccc(C)o1. The van der Waals surface area contributed by atoms with Gasteiger partial charge in [-0.15, -0.1) is 0 Å². The summed E-state index contributed by atoms with van der Waals surface area (Å²) >= 11 is 6.42. The number of carboxylic acid groups (broad SMARTS) is 1. The van der Waals surface area contributed by atoms with Crippen LogP contribution in [0.5, 0.6) is 5.75 Å². The third-order valence-corrected chi connectivity index (χ3v) is 6.40. The van der Waals surface area contributed by atoms with E-state index in [0.717, 1.165) is 5.76 Å². The number of aryl methyl sites for hydroxylation is 1. The minimum atomic E-state index is -1.18. The van der Waals surface area contributed by atoms with Crippen molar-refractivity contribution in [3.8, 4) is 5.75 Å². The van der Waals surface area contributed by atoms with E-state index in [4.69, 9.17) is 20.8 Å². The summed E-state index contributed by atoms with van der Waals surface area (Å²) in [6.07, 6.45) is 2.01. The van der Waals surface area contributed by atoms with Crippen molar-refractivity contribution in [1.82, 2.24) is 5.32 Å². The van der Waals surface area contributed by atoms with Gasteiger partial charge in [0.1, 0.15) is 17.3 Å². The Labute approximate surface area is 218 Å². The van der Waals surface area contributed by atoms with Gasteiger partial charge in [0.15, 0.2) is 0 Å². The summed E-state index contributed by atoms with van der Waals surface area (Å²) in [5.74, 6) is 0.208. The van der Waals surface area contributed by atoms with Crippen molar-refractivity contribution >= 4 is 34.9 Å². The second-order valence-electron chi connectivity index (χ2n) is 8.33. The van der Waals surface area contributed by atoms with Gasteiger partial charge in [-0.1, -0.05) is 18.5 Å². The molecule has 1 unspecified atom stereocenters. The lowest BCUT2D eigenvalue weighted by atomic mass is 10.1. The molecule has 0 fully saturated rings.